The number of amides is 1. The fraction of sp³-hybridized carbons (Fsp3) is 0.565. The van der Waals surface area contributed by atoms with Crippen LogP contribution in [0.1, 0.15) is 61.8 Å². The molecule has 1 aliphatic rings. The molecule has 1 heterocycles. The highest BCUT2D eigenvalue weighted by molar-refractivity contribution is 7.17. The summed E-state index contributed by atoms with van der Waals surface area (Å²) >= 11 is 1.19. The lowest BCUT2D eigenvalue weighted by Gasteiger charge is -2.30. The average molecular weight is 528 g/mol. The Morgan fingerprint density at radius 3 is 2.06 bits per heavy atom. The molecule has 198 valence electrons. The van der Waals surface area contributed by atoms with Crippen LogP contribution in [0, 0.1) is 0 Å². The molecule has 1 amide bonds. The molecular weight excluding hydrogens is 498 g/mol. The van der Waals surface area contributed by atoms with Crippen LogP contribution in [0.4, 0.5) is 5.00 Å². The van der Waals surface area contributed by atoms with Gasteiger partial charge in [-0.15, -0.1) is 11.3 Å². The normalized spacial score (nSPS) is 14.5. The number of anilines is 1. The molecule has 0 aliphatic heterocycles. The quantitative estimate of drug-likeness (QED) is 0.329. The minimum absolute atomic E-state index is 0.127. The van der Waals surface area contributed by atoms with Crippen LogP contribution in [0.15, 0.2) is 0 Å². The Morgan fingerprint density at radius 2 is 1.50 bits per heavy atom. The Hall–Kier alpha value is -3.48. The molecule has 36 heavy (non-hydrogen) atoms. The number of esters is 5. The van der Waals surface area contributed by atoms with E-state index >= 15 is 0 Å². The van der Waals surface area contributed by atoms with Gasteiger partial charge in [-0.05, 0) is 31.7 Å². The smallest absolute Gasteiger partial charge is 0.341 e. The van der Waals surface area contributed by atoms with Crippen LogP contribution in [0.25, 0.3) is 0 Å². The van der Waals surface area contributed by atoms with Crippen LogP contribution in [0.3, 0.4) is 0 Å². The summed E-state index contributed by atoms with van der Waals surface area (Å²) in [6.45, 7) is 5.43. The SMILES string of the molecule is CCOC(=O)c1c(NC(=O)[C@H](OC(C)=O)[C@@H](OC(C)=O)[C@@H](COC(C)=O)OC(C)=O)sc2c1CCC2. The largest absolute Gasteiger partial charge is 0.462 e. The number of nitrogens with one attached hydrogen (secondary N) is 1. The molecule has 0 saturated carbocycles. The first-order valence-corrected chi connectivity index (χ1v) is 12.0. The Balaban J connectivity index is 2.46. The van der Waals surface area contributed by atoms with E-state index < -0.39 is 60.7 Å². The molecule has 1 aliphatic carbocycles. The molecule has 0 bridgehead atoms. The van der Waals surface area contributed by atoms with Gasteiger partial charge in [-0.3, -0.25) is 24.0 Å². The number of rotatable bonds is 11. The van der Waals surface area contributed by atoms with E-state index in [4.69, 9.17) is 23.7 Å². The number of thiophene rings is 1. The van der Waals surface area contributed by atoms with Gasteiger partial charge in [0.1, 0.15) is 11.6 Å². The highest BCUT2D eigenvalue weighted by Gasteiger charge is 2.43. The van der Waals surface area contributed by atoms with Gasteiger partial charge in [-0.1, -0.05) is 0 Å². The predicted molar refractivity (Wildman–Crippen MR) is 124 cm³/mol. The maximum Gasteiger partial charge on any atom is 0.341 e. The van der Waals surface area contributed by atoms with E-state index in [0.29, 0.717) is 6.42 Å². The maximum atomic E-state index is 13.4. The third-order valence-electron chi connectivity index (χ3n) is 4.92. The molecule has 0 radical (unpaired) electrons. The lowest BCUT2D eigenvalue weighted by Crippen LogP contribution is -2.52. The molecule has 0 fully saturated rings. The van der Waals surface area contributed by atoms with E-state index in [2.05, 4.69) is 5.32 Å². The number of aryl methyl sites for hydroxylation is 1. The highest BCUT2D eigenvalue weighted by atomic mass is 32.1. The van der Waals surface area contributed by atoms with Crippen LogP contribution >= 0.6 is 11.3 Å². The van der Waals surface area contributed by atoms with E-state index in [-0.39, 0.29) is 17.2 Å². The zero-order valence-corrected chi connectivity index (χ0v) is 21.5. The van der Waals surface area contributed by atoms with E-state index in [1.165, 1.54) is 11.3 Å². The van der Waals surface area contributed by atoms with Crippen molar-refractivity contribution >= 4 is 52.1 Å². The second-order valence-corrected chi connectivity index (χ2v) is 8.93. The van der Waals surface area contributed by atoms with Gasteiger partial charge in [0.2, 0.25) is 6.10 Å². The summed E-state index contributed by atoms with van der Waals surface area (Å²) in [6, 6.07) is 0. The summed E-state index contributed by atoms with van der Waals surface area (Å²) in [4.78, 5) is 73.7. The molecule has 0 aromatic carbocycles. The summed E-state index contributed by atoms with van der Waals surface area (Å²) in [5, 5.41) is 2.76. The van der Waals surface area contributed by atoms with Crippen molar-refractivity contribution in [3.63, 3.8) is 0 Å². The molecule has 13 heteroatoms. The van der Waals surface area contributed by atoms with Crippen molar-refractivity contribution < 1.29 is 52.5 Å². The first-order valence-electron chi connectivity index (χ1n) is 11.2. The second kappa shape index (κ2) is 13.0. The molecule has 12 nitrogen and oxygen atoms in total. The molecule has 2 rings (SSSR count). The van der Waals surface area contributed by atoms with Crippen LogP contribution in [0.2, 0.25) is 0 Å². The predicted octanol–water partition coefficient (Wildman–Crippen LogP) is 1.71. The fourth-order valence-electron chi connectivity index (χ4n) is 3.68. The zero-order valence-electron chi connectivity index (χ0n) is 20.7. The maximum absolute atomic E-state index is 13.4. The summed E-state index contributed by atoms with van der Waals surface area (Å²) in [5.41, 5.74) is 0.992. The van der Waals surface area contributed by atoms with Gasteiger partial charge < -0.3 is 29.0 Å². The number of carbonyl (C=O) groups excluding carboxylic acids is 6. The molecule has 0 spiro atoms. The van der Waals surface area contributed by atoms with Gasteiger partial charge in [0.15, 0.2) is 12.2 Å². The number of fused-ring (bicyclic) bond motifs is 1. The molecule has 1 N–H and O–H groups in total. The van der Waals surface area contributed by atoms with E-state index in [1.807, 2.05) is 0 Å². The third kappa shape index (κ3) is 7.77. The van der Waals surface area contributed by atoms with E-state index in [9.17, 15) is 28.8 Å². The number of hydrogen-bond donors (Lipinski definition) is 1. The van der Waals surface area contributed by atoms with Crippen molar-refractivity contribution in [2.45, 2.75) is 72.2 Å². The minimum atomic E-state index is -1.82. The van der Waals surface area contributed by atoms with Crippen LogP contribution < -0.4 is 5.32 Å². The Bertz CT molecular complexity index is 1030. The van der Waals surface area contributed by atoms with E-state index in [1.54, 1.807) is 6.92 Å². The number of ether oxygens (including phenoxy) is 5. The number of hydrogen-bond acceptors (Lipinski definition) is 12. The van der Waals surface area contributed by atoms with Crippen LogP contribution in [-0.4, -0.2) is 67.3 Å². The van der Waals surface area contributed by atoms with Gasteiger partial charge in [0.05, 0.1) is 12.2 Å². The van der Waals surface area contributed by atoms with E-state index in [0.717, 1.165) is 51.0 Å². The number of carbonyl (C=O) groups is 6. The van der Waals surface area contributed by atoms with Gasteiger partial charge in [0, 0.05) is 32.6 Å². The lowest BCUT2D eigenvalue weighted by atomic mass is 10.1. The monoisotopic (exact) mass is 527 g/mol. The fourth-order valence-corrected chi connectivity index (χ4v) is 4.96. The lowest BCUT2D eigenvalue weighted by molar-refractivity contribution is -0.190. The Kier molecular flexibility index (Phi) is 10.4. The van der Waals surface area contributed by atoms with Crippen molar-refractivity contribution in [1.29, 1.82) is 0 Å². The van der Waals surface area contributed by atoms with Crippen LogP contribution in [0.5, 0.6) is 0 Å². The molecule has 0 unspecified atom stereocenters. The molecule has 1 aromatic rings. The van der Waals surface area contributed by atoms with Gasteiger partial charge in [-0.2, -0.15) is 0 Å². The molecule has 1 aromatic heterocycles. The summed E-state index contributed by atoms with van der Waals surface area (Å²) in [5.74, 6) is -4.91. The Labute approximate surface area is 211 Å². The second-order valence-electron chi connectivity index (χ2n) is 7.83. The average Bonchev–Trinajstić information content (AvgIpc) is 3.33. The van der Waals surface area contributed by atoms with Crippen molar-refractivity contribution in [2.75, 3.05) is 18.5 Å². The highest BCUT2D eigenvalue weighted by Crippen LogP contribution is 2.39. The standard InChI is InChI=1S/C23H29NO11S/c1-6-31-23(30)18-15-8-7-9-17(15)36-22(18)24-21(29)20(35-14(5)28)19(34-13(4)27)16(33-12(3)26)10-32-11(2)25/h16,19-20H,6-10H2,1-5H3,(H,24,29)/t16-,19+,20-/m1/s1. The summed E-state index contributed by atoms with van der Waals surface area (Å²) in [6.07, 6.45) is -2.76. The van der Waals surface area contributed by atoms with Gasteiger partial charge in [0.25, 0.3) is 5.91 Å². The van der Waals surface area contributed by atoms with Gasteiger partial charge in [-0.25, -0.2) is 4.79 Å². The zero-order chi connectivity index (χ0) is 27.0. The topological polar surface area (TPSA) is 161 Å². The van der Waals surface area contributed by atoms with Crippen molar-refractivity contribution in [2.24, 2.45) is 0 Å². The molecule has 3 atom stereocenters. The Morgan fingerprint density at radius 1 is 0.861 bits per heavy atom. The molecule has 0 saturated heterocycles. The summed E-state index contributed by atoms with van der Waals surface area (Å²) in [7, 11) is 0. The van der Waals surface area contributed by atoms with Crippen LogP contribution in [-0.2, 0) is 60.5 Å². The molecular formula is C23H29NO11S. The minimum Gasteiger partial charge on any atom is -0.462 e. The third-order valence-corrected chi connectivity index (χ3v) is 6.13. The first kappa shape index (κ1) is 28.8. The van der Waals surface area contributed by atoms with Crippen molar-refractivity contribution in [3.05, 3.63) is 16.0 Å². The van der Waals surface area contributed by atoms with Crippen molar-refractivity contribution in [3.8, 4) is 0 Å². The first-order chi connectivity index (χ1) is 16.9. The van der Waals surface area contributed by atoms with Crippen molar-refractivity contribution in [1.82, 2.24) is 0 Å². The summed E-state index contributed by atoms with van der Waals surface area (Å²) < 4.78 is 25.6. The van der Waals surface area contributed by atoms with Gasteiger partial charge >= 0.3 is 29.8 Å².